The van der Waals surface area contributed by atoms with E-state index < -0.39 is 0 Å². The lowest BCUT2D eigenvalue weighted by Gasteiger charge is -2.04. The van der Waals surface area contributed by atoms with Crippen molar-refractivity contribution in [1.82, 2.24) is 4.73 Å². The Hall–Kier alpha value is -1.56. The summed E-state index contributed by atoms with van der Waals surface area (Å²) >= 11 is 0. The number of aromatic nitrogens is 1. The summed E-state index contributed by atoms with van der Waals surface area (Å²) in [5, 5.41) is 18.5. The molecule has 0 aliphatic heterocycles. The van der Waals surface area contributed by atoms with E-state index in [0.29, 0.717) is 0 Å². The lowest BCUT2D eigenvalue weighted by molar-refractivity contribution is 0.0465. The zero-order valence-corrected chi connectivity index (χ0v) is 7.35. The summed E-state index contributed by atoms with van der Waals surface area (Å²) in [5.74, 6) is -0.454. The summed E-state index contributed by atoms with van der Waals surface area (Å²) in [7, 11) is 2.75. The highest BCUT2D eigenvalue weighted by atomic mass is 16.7. The van der Waals surface area contributed by atoms with Crippen LogP contribution in [-0.2, 0) is 4.74 Å². The van der Waals surface area contributed by atoms with E-state index in [1.807, 2.05) is 0 Å². The van der Waals surface area contributed by atoms with Crippen molar-refractivity contribution < 1.29 is 24.5 Å². The van der Waals surface area contributed by atoms with E-state index in [1.54, 1.807) is 0 Å². The maximum atomic E-state index is 9.33. The lowest BCUT2D eigenvalue weighted by atomic mass is 10.6. The first-order valence-corrected chi connectivity index (χ1v) is 3.50. The molecular weight excluding hydrogens is 178 g/mol. The van der Waals surface area contributed by atoms with Crippen LogP contribution in [0.15, 0.2) is 6.07 Å². The van der Waals surface area contributed by atoms with Gasteiger partial charge in [-0.05, 0) is 0 Å². The normalized spacial score (nSPS) is 10.0. The zero-order chi connectivity index (χ0) is 9.84. The van der Waals surface area contributed by atoms with Gasteiger partial charge >= 0.3 is 0 Å². The molecule has 74 valence electrons. The van der Waals surface area contributed by atoms with E-state index in [4.69, 9.17) is 9.84 Å². The Bertz CT molecular complexity index is 283. The summed E-state index contributed by atoms with van der Waals surface area (Å²) in [6, 6.07) is 1.22. The van der Waals surface area contributed by atoms with Crippen molar-refractivity contribution in [1.29, 1.82) is 0 Å². The second-order valence-electron chi connectivity index (χ2n) is 2.22. The molecule has 0 radical (unpaired) electrons. The quantitative estimate of drug-likeness (QED) is 0.649. The summed E-state index contributed by atoms with van der Waals surface area (Å²) in [4.78, 5) is 4.63. The van der Waals surface area contributed by atoms with Crippen molar-refractivity contribution in [3.63, 3.8) is 0 Å². The smallest absolute Gasteiger partial charge is 0.272 e. The van der Waals surface area contributed by atoms with Crippen LogP contribution in [0.25, 0.3) is 0 Å². The molecule has 0 spiro atoms. The van der Waals surface area contributed by atoms with Crippen molar-refractivity contribution >= 4 is 0 Å². The molecule has 0 aliphatic carbocycles. The van der Waals surface area contributed by atoms with Crippen LogP contribution in [0.4, 0.5) is 0 Å². The highest BCUT2D eigenvalue weighted by Crippen LogP contribution is 2.32. The molecule has 1 aromatic rings. The minimum absolute atomic E-state index is 0.0132. The molecule has 1 aromatic heterocycles. The number of hydrogen-bond acceptors (Lipinski definition) is 5. The number of ether oxygens (including phenoxy) is 2. The van der Waals surface area contributed by atoms with Gasteiger partial charge in [-0.25, -0.2) is 0 Å². The topological polar surface area (TPSA) is 73.1 Å². The zero-order valence-electron chi connectivity index (χ0n) is 7.35. The van der Waals surface area contributed by atoms with Crippen molar-refractivity contribution in [2.75, 3.05) is 21.0 Å². The van der Waals surface area contributed by atoms with Crippen LogP contribution >= 0.6 is 0 Å². The molecule has 0 bridgehead atoms. The van der Waals surface area contributed by atoms with Gasteiger partial charge < -0.3 is 24.5 Å². The fourth-order valence-corrected chi connectivity index (χ4v) is 0.858. The first kappa shape index (κ1) is 9.53. The molecule has 0 aliphatic rings. The molecule has 13 heavy (non-hydrogen) atoms. The fourth-order valence-electron chi connectivity index (χ4n) is 0.858. The minimum atomic E-state index is -0.308. The van der Waals surface area contributed by atoms with Gasteiger partial charge in [0.05, 0.1) is 0 Å². The van der Waals surface area contributed by atoms with Crippen LogP contribution in [0.2, 0.25) is 0 Å². The van der Waals surface area contributed by atoms with Gasteiger partial charge in [-0.2, -0.15) is 0 Å². The monoisotopic (exact) mass is 189 g/mol. The van der Waals surface area contributed by atoms with Crippen molar-refractivity contribution in [3.8, 4) is 17.5 Å². The van der Waals surface area contributed by atoms with E-state index in [2.05, 4.69) is 9.57 Å². The average Bonchev–Trinajstić information content (AvgIpc) is 2.38. The van der Waals surface area contributed by atoms with Crippen LogP contribution < -0.4 is 9.57 Å². The van der Waals surface area contributed by atoms with E-state index in [-0.39, 0.29) is 24.3 Å². The number of rotatable bonds is 4. The summed E-state index contributed by atoms with van der Waals surface area (Å²) < 4.78 is 10.4. The first-order valence-electron chi connectivity index (χ1n) is 3.50. The Balaban J connectivity index is 2.83. The number of nitrogens with zero attached hydrogens (tertiary/aromatic N) is 1. The van der Waals surface area contributed by atoms with Gasteiger partial charge in [-0.1, -0.05) is 0 Å². The van der Waals surface area contributed by atoms with Gasteiger partial charge in [-0.3, -0.25) is 0 Å². The highest BCUT2D eigenvalue weighted by molar-refractivity contribution is 5.40. The van der Waals surface area contributed by atoms with Crippen molar-refractivity contribution in [3.05, 3.63) is 6.07 Å². The van der Waals surface area contributed by atoms with E-state index in [1.165, 1.54) is 20.3 Å². The second kappa shape index (κ2) is 3.90. The van der Waals surface area contributed by atoms with Crippen molar-refractivity contribution in [2.24, 2.45) is 0 Å². The second-order valence-corrected chi connectivity index (χ2v) is 2.22. The van der Waals surface area contributed by atoms with Gasteiger partial charge in [0.1, 0.15) is 7.11 Å². The SMILES string of the molecule is COCOc1cc(O)n(OC)c1O. The van der Waals surface area contributed by atoms with Crippen LogP contribution in [0, 0.1) is 0 Å². The fraction of sp³-hybridized carbons (Fsp3) is 0.429. The molecule has 6 heteroatoms. The van der Waals surface area contributed by atoms with Crippen LogP contribution in [0.1, 0.15) is 0 Å². The molecule has 0 saturated heterocycles. The molecule has 0 fully saturated rings. The maximum Gasteiger partial charge on any atom is 0.272 e. The van der Waals surface area contributed by atoms with E-state index in [0.717, 1.165) is 4.73 Å². The van der Waals surface area contributed by atoms with Crippen LogP contribution in [-0.4, -0.2) is 36.0 Å². The predicted molar refractivity (Wildman–Crippen MR) is 42.8 cm³/mol. The number of aromatic hydroxyl groups is 2. The summed E-state index contributed by atoms with van der Waals surface area (Å²) in [5.41, 5.74) is 0. The van der Waals surface area contributed by atoms with Gasteiger partial charge in [0.15, 0.2) is 12.5 Å². The Morgan fingerprint density at radius 2 is 2.08 bits per heavy atom. The van der Waals surface area contributed by atoms with Gasteiger partial charge in [-0.15, -0.1) is 4.73 Å². The molecule has 1 rings (SSSR count). The highest BCUT2D eigenvalue weighted by Gasteiger charge is 2.15. The van der Waals surface area contributed by atoms with E-state index in [9.17, 15) is 5.11 Å². The van der Waals surface area contributed by atoms with Gasteiger partial charge in [0.2, 0.25) is 5.88 Å². The number of hydrogen-bond donors (Lipinski definition) is 2. The minimum Gasteiger partial charge on any atom is -0.492 e. The third-order valence-electron chi connectivity index (χ3n) is 1.40. The molecular formula is C7H11NO5. The van der Waals surface area contributed by atoms with E-state index >= 15 is 0 Å². The number of methoxy groups -OCH3 is 1. The summed E-state index contributed by atoms with van der Waals surface area (Å²) in [6.07, 6.45) is 0. The van der Waals surface area contributed by atoms with Gasteiger partial charge in [0, 0.05) is 13.2 Å². The third kappa shape index (κ3) is 1.78. The molecule has 0 aromatic carbocycles. The largest absolute Gasteiger partial charge is 0.492 e. The standard InChI is InChI=1S/C7H11NO5/c1-11-4-13-5-3-6(9)8(12-2)7(5)10/h3,9-10H,4H2,1-2H3. The first-order chi connectivity index (χ1) is 6.20. The molecule has 6 nitrogen and oxygen atoms in total. The molecule has 0 saturated carbocycles. The molecule has 0 amide bonds. The van der Waals surface area contributed by atoms with Crippen LogP contribution in [0.3, 0.4) is 0 Å². The van der Waals surface area contributed by atoms with Crippen LogP contribution in [0.5, 0.6) is 17.5 Å². The predicted octanol–water partition coefficient (Wildman–Crippen LogP) is -0.0596. The molecule has 2 N–H and O–H groups in total. The molecule has 1 heterocycles. The van der Waals surface area contributed by atoms with Crippen molar-refractivity contribution in [2.45, 2.75) is 0 Å². The summed E-state index contributed by atoms with van der Waals surface area (Å²) in [6.45, 7) is -0.0132. The Labute approximate surface area is 74.8 Å². The Morgan fingerprint density at radius 1 is 1.38 bits per heavy atom. The molecule has 0 atom stereocenters. The molecule has 0 unspecified atom stereocenters. The Morgan fingerprint density at radius 3 is 2.54 bits per heavy atom. The maximum absolute atomic E-state index is 9.33. The Kier molecular flexibility index (Phi) is 2.86. The van der Waals surface area contributed by atoms with Gasteiger partial charge in [0.25, 0.3) is 5.88 Å². The third-order valence-corrected chi connectivity index (χ3v) is 1.40. The average molecular weight is 189 g/mol. The lowest BCUT2D eigenvalue weighted by Crippen LogP contribution is -2.04.